The number of nitrogens with zero attached hydrogens (tertiary/aromatic N) is 2. The van der Waals surface area contributed by atoms with Crippen LogP contribution >= 0.6 is 0 Å². The molecule has 0 radical (unpaired) electrons. The summed E-state index contributed by atoms with van der Waals surface area (Å²) in [6, 6.07) is 1.56. The summed E-state index contributed by atoms with van der Waals surface area (Å²) in [5.41, 5.74) is 5.99. The first-order chi connectivity index (χ1) is 8.29. The molecule has 17 heavy (non-hydrogen) atoms. The lowest BCUT2D eigenvalue weighted by atomic mass is 9.83. The fraction of sp³-hybridized carbons (Fsp3) is 1.00. The summed E-state index contributed by atoms with van der Waals surface area (Å²) in [6.07, 6.45) is 7.04. The van der Waals surface area contributed by atoms with Crippen molar-refractivity contribution in [3.05, 3.63) is 0 Å². The number of piperidine rings is 2. The third-order valence-corrected chi connectivity index (χ3v) is 5.25. The van der Waals surface area contributed by atoms with Crippen LogP contribution in [0.3, 0.4) is 0 Å². The lowest BCUT2D eigenvalue weighted by Crippen LogP contribution is -2.56. The third kappa shape index (κ3) is 2.38. The highest BCUT2D eigenvalue weighted by Gasteiger charge is 2.40. The predicted octanol–water partition coefficient (Wildman–Crippen LogP) is 1.14. The Kier molecular flexibility index (Phi) is 3.42. The summed E-state index contributed by atoms with van der Waals surface area (Å²) in [6.45, 7) is 4.78. The van der Waals surface area contributed by atoms with Crippen LogP contribution in [-0.2, 0) is 0 Å². The average molecular weight is 237 g/mol. The summed E-state index contributed by atoms with van der Waals surface area (Å²) < 4.78 is 0. The van der Waals surface area contributed by atoms with Crippen LogP contribution in [0.2, 0.25) is 0 Å². The zero-order valence-corrected chi connectivity index (χ0v) is 11.1. The molecule has 3 aliphatic rings. The van der Waals surface area contributed by atoms with Crippen LogP contribution in [0.5, 0.6) is 0 Å². The Bertz CT molecular complexity index is 264. The molecule has 0 bridgehead atoms. The monoisotopic (exact) mass is 237 g/mol. The summed E-state index contributed by atoms with van der Waals surface area (Å²) >= 11 is 0. The third-order valence-electron chi connectivity index (χ3n) is 5.25. The van der Waals surface area contributed by atoms with Gasteiger partial charge in [0, 0.05) is 31.7 Å². The molecule has 0 amide bonds. The first-order valence-corrected chi connectivity index (χ1v) is 7.44. The largest absolute Gasteiger partial charge is 0.329 e. The van der Waals surface area contributed by atoms with E-state index >= 15 is 0 Å². The number of hydrogen-bond acceptors (Lipinski definition) is 3. The molecule has 2 saturated heterocycles. The zero-order valence-electron chi connectivity index (χ0n) is 11.1. The van der Waals surface area contributed by atoms with Gasteiger partial charge in [0.15, 0.2) is 0 Å². The fourth-order valence-electron chi connectivity index (χ4n) is 4.10. The zero-order chi connectivity index (χ0) is 11.8. The molecule has 3 atom stereocenters. The van der Waals surface area contributed by atoms with Gasteiger partial charge in [-0.05, 0) is 57.5 Å². The SMILES string of the molecule is CN1CCCC2CN(C(CN)C3CC3)CCC21. The van der Waals surface area contributed by atoms with E-state index in [2.05, 4.69) is 16.8 Å². The van der Waals surface area contributed by atoms with E-state index in [0.717, 1.165) is 24.4 Å². The summed E-state index contributed by atoms with van der Waals surface area (Å²) in [5, 5.41) is 0. The predicted molar refractivity (Wildman–Crippen MR) is 70.9 cm³/mol. The van der Waals surface area contributed by atoms with Crippen molar-refractivity contribution in [2.45, 2.75) is 44.2 Å². The van der Waals surface area contributed by atoms with E-state index in [0.29, 0.717) is 6.04 Å². The smallest absolute Gasteiger partial charge is 0.0246 e. The van der Waals surface area contributed by atoms with Gasteiger partial charge in [-0.2, -0.15) is 0 Å². The molecule has 0 spiro atoms. The number of nitrogens with two attached hydrogens (primary N) is 1. The van der Waals surface area contributed by atoms with E-state index in [1.54, 1.807) is 0 Å². The van der Waals surface area contributed by atoms with Crippen molar-refractivity contribution in [1.82, 2.24) is 9.80 Å². The molecule has 2 aliphatic heterocycles. The molecule has 1 aliphatic carbocycles. The van der Waals surface area contributed by atoms with Crippen molar-refractivity contribution >= 4 is 0 Å². The maximum Gasteiger partial charge on any atom is 0.0246 e. The van der Waals surface area contributed by atoms with Gasteiger partial charge >= 0.3 is 0 Å². The minimum atomic E-state index is 0.697. The lowest BCUT2D eigenvalue weighted by molar-refractivity contribution is 0.0173. The molecule has 3 heteroatoms. The second-order valence-corrected chi connectivity index (χ2v) is 6.37. The van der Waals surface area contributed by atoms with Crippen LogP contribution in [0.15, 0.2) is 0 Å². The maximum atomic E-state index is 5.99. The van der Waals surface area contributed by atoms with Gasteiger partial charge in [0.25, 0.3) is 0 Å². The molecule has 2 heterocycles. The minimum Gasteiger partial charge on any atom is -0.329 e. The molecule has 3 unspecified atom stereocenters. The van der Waals surface area contributed by atoms with Crippen molar-refractivity contribution in [3.63, 3.8) is 0 Å². The highest BCUT2D eigenvalue weighted by molar-refractivity contribution is 4.95. The standard InChI is InChI=1S/C14H27N3/c1-16-7-2-3-12-10-17(8-6-13(12)16)14(9-15)11-4-5-11/h11-14H,2-10,15H2,1H3. The fourth-order valence-corrected chi connectivity index (χ4v) is 4.10. The number of likely N-dealkylation sites (tertiary alicyclic amines) is 2. The van der Waals surface area contributed by atoms with Crippen LogP contribution in [-0.4, -0.2) is 55.1 Å². The first kappa shape index (κ1) is 11.9. The Morgan fingerprint density at radius 2 is 2.00 bits per heavy atom. The van der Waals surface area contributed by atoms with Crippen LogP contribution in [0.1, 0.15) is 32.1 Å². The molecule has 2 N–H and O–H groups in total. The van der Waals surface area contributed by atoms with Crippen molar-refractivity contribution in [3.8, 4) is 0 Å². The molecule has 3 nitrogen and oxygen atoms in total. The van der Waals surface area contributed by atoms with Gasteiger partial charge < -0.3 is 10.6 Å². The average Bonchev–Trinajstić information content (AvgIpc) is 3.15. The van der Waals surface area contributed by atoms with Crippen molar-refractivity contribution in [1.29, 1.82) is 0 Å². The normalized spacial score (nSPS) is 37.8. The molecular weight excluding hydrogens is 210 g/mol. The summed E-state index contributed by atoms with van der Waals surface area (Å²) in [7, 11) is 2.31. The second-order valence-electron chi connectivity index (χ2n) is 6.37. The van der Waals surface area contributed by atoms with E-state index in [1.807, 2.05) is 0 Å². The van der Waals surface area contributed by atoms with E-state index < -0.39 is 0 Å². The number of hydrogen-bond donors (Lipinski definition) is 1. The van der Waals surface area contributed by atoms with Gasteiger partial charge in [0.2, 0.25) is 0 Å². The first-order valence-electron chi connectivity index (χ1n) is 7.44. The second kappa shape index (κ2) is 4.87. The van der Waals surface area contributed by atoms with Crippen molar-refractivity contribution < 1.29 is 0 Å². The molecule has 1 saturated carbocycles. The van der Waals surface area contributed by atoms with Gasteiger partial charge in [-0.25, -0.2) is 0 Å². The van der Waals surface area contributed by atoms with E-state index in [-0.39, 0.29) is 0 Å². The molecular formula is C14H27N3. The van der Waals surface area contributed by atoms with Crippen molar-refractivity contribution in [2.24, 2.45) is 17.6 Å². The molecule has 0 aromatic rings. The Labute approximate surface area is 105 Å². The highest BCUT2D eigenvalue weighted by Crippen LogP contribution is 2.38. The van der Waals surface area contributed by atoms with Crippen LogP contribution in [0.25, 0.3) is 0 Å². The van der Waals surface area contributed by atoms with Gasteiger partial charge in [0.05, 0.1) is 0 Å². The molecule has 0 aromatic heterocycles. The summed E-state index contributed by atoms with van der Waals surface area (Å²) in [4.78, 5) is 5.32. The van der Waals surface area contributed by atoms with Crippen LogP contribution in [0, 0.1) is 11.8 Å². The molecule has 3 rings (SSSR count). The van der Waals surface area contributed by atoms with Gasteiger partial charge in [-0.15, -0.1) is 0 Å². The lowest BCUT2D eigenvalue weighted by Gasteiger charge is -2.48. The van der Waals surface area contributed by atoms with E-state index in [1.165, 1.54) is 51.7 Å². The minimum absolute atomic E-state index is 0.697. The Morgan fingerprint density at radius 3 is 2.71 bits per heavy atom. The topological polar surface area (TPSA) is 32.5 Å². The van der Waals surface area contributed by atoms with Gasteiger partial charge in [0.1, 0.15) is 0 Å². The van der Waals surface area contributed by atoms with E-state index in [9.17, 15) is 0 Å². The Hall–Kier alpha value is -0.120. The maximum absolute atomic E-state index is 5.99. The van der Waals surface area contributed by atoms with Crippen LogP contribution in [0.4, 0.5) is 0 Å². The Morgan fingerprint density at radius 1 is 1.18 bits per heavy atom. The van der Waals surface area contributed by atoms with E-state index in [4.69, 9.17) is 5.73 Å². The van der Waals surface area contributed by atoms with Gasteiger partial charge in [-0.3, -0.25) is 4.90 Å². The quantitative estimate of drug-likeness (QED) is 0.799. The van der Waals surface area contributed by atoms with Crippen LogP contribution < -0.4 is 5.73 Å². The Balaban J connectivity index is 1.62. The molecule has 0 aromatic carbocycles. The highest BCUT2D eigenvalue weighted by atomic mass is 15.2. The van der Waals surface area contributed by atoms with Crippen molar-refractivity contribution in [2.75, 3.05) is 33.2 Å². The molecule has 98 valence electrons. The van der Waals surface area contributed by atoms with Gasteiger partial charge in [-0.1, -0.05) is 0 Å². The summed E-state index contributed by atoms with van der Waals surface area (Å²) in [5.74, 6) is 1.84. The number of fused-ring (bicyclic) bond motifs is 1. The molecule has 3 fully saturated rings. The number of rotatable bonds is 3.